The predicted molar refractivity (Wildman–Crippen MR) is 72.7 cm³/mol. The van der Waals surface area contributed by atoms with Crippen LogP contribution in [0.4, 0.5) is 0 Å². The molecule has 2 atom stereocenters. The summed E-state index contributed by atoms with van der Waals surface area (Å²) in [6.45, 7) is 0.851. The van der Waals surface area contributed by atoms with Gasteiger partial charge in [-0.1, -0.05) is 16.8 Å². The van der Waals surface area contributed by atoms with E-state index in [1.165, 1.54) is 0 Å². The van der Waals surface area contributed by atoms with E-state index < -0.39 is 0 Å². The van der Waals surface area contributed by atoms with E-state index in [-0.39, 0.29) is 12.1 Å². The average molecular weight is 279 g/mol. The van der Waals surface area contributed by atoms with Crippen LogP contribution in [0.25, 0.3) is 11.4 Å². The van der Waals surface area contributed by atoms with Gasteiger partial charge in [-0.05, 0) is 37.7 Å². The lowest BCUT2D eigenvalue weighted by atomic mass is 10.2. The molecule has 2 aromatic rings. The van der Waals surface area contributed by atoms with Crippen LogP contribution >= 0.6 is 11.6 Å². The summed E-state index contributed by atoms with van der Waals surface area (Å²) in [5, 5.41) is 4.71. The van der Waals surface area contributed by atoms with E-state index in [9.17, 15) is 0 Å². The van der Waals surface area contributed by atoms with Gasteiger partial charge in [0.15, 0.2) is 0 Å². The molecular formula is C13H15ClN4O. The van der Waals surface area contributed by atoms with Crippen molar-refractivity contribution in [3.8, 4) is 11.4 Å². The number of benzene rings is 1. The van der Waals surface area contributed by atoms with Gasteiger partial charge in [-0.3, -0.25) is 4.90 Å². The summed E-state index contributed by atoms with van der Waals surface area (Å²) in [6, 6.07) is 7.65. The molecule has 1 aromatic carbocycles. The molecule has 19 heavy (non-hydrogen) atoms. The Morgan fingerprint density at radius 3 is 2.74 bits per heavy atom. The highest BCUT2D eigenvalue weighted by Gasteiger charge is 2.32. The van der Waals surface area contributed by atoms with Gasteiger partial charge in [0.1, 0.15) is 0 Å². The van der Waals surface area contributed by atoms with Crippen LogP contribution in [0, 0.1) is 0 Å². The minimum absolute atomic E-state index is 0.114. The molecule has 3 rings (SSSR count). The van der Waals surface area contributed by atoms with Crippen molar-refractivity contribution in [1.29, 1.82) is 0 Å². The molecule has 5 nitrogen and oxygen atoms in total. The Bertz CT molecular complexity index is 568. The van der Waals surface area contributed by atoms with Crippen molar-refractivity contribution >= 4 is 11.6 Å². The molecule has 0 amide bonds. The summed E-state index contributed by atoms with van der Waals surface area (Å²) >= 11 is 5.86. The van der Waals surface area contributed by atoms with Crippen LogP contribution in [-0.4, -0.2) is 34.7 Å². The third-order valence-electron chi connectivity index (χ3n) is 3.41. The van der Waals surface area contributed by atoms with Gasteiger partial charge in [0.2, 0.25) is 11.7 Å². The molecule has 0 saturated carbocycles. The lowest BCUT2D eigenvalue weighted by Crippen LogP contribution is -2.24. The summed E-state index contributed by atoms with van der Waals surface area (Å²) in [5.74, 6) is 1.21. The van der Waals surface area contributed by atoms with Crippen molar-refractivity contribution in [2.45, 2.75) is 18.5 Å². The molecule has 2 unspecified atom stereocenters. The molecular weight excluding hydrogens is 264 g/mol. The van der Waals surface area contributed by atoms with E-state index in [2.05, 4.69) is 15.0 Å². The zero-order chi connectivity index (χ0) is 13.4. The molecule has 1 fully saturated rings. The topological polar surface area (TPSA) is 68.2 Å². The van der Waals surface area contributed by atoms with E-state index in [0.717, 1.165) is 18.5 Å². The number of nitrogens with two attached hydrogens (primary N) is 1. The average Bonchev–Trinajstić information content (AvgIpc) is 2.97. The zero-order valence-electron chi connectivity index (χ0n) is 10.6. The molecule has 1 aromatic heterocycles. The summed E-state index contributed by atoms with van der Waals surface area (Å²) in [5.41, 5.74) is 6.83. The van der Waals surface area contributed by atoms with Gasteiger partial charge in [-0.15, -0.1) is 0 Å². The number of nitrogens with zero attached hydrogens (tertiary/aromatic N) is 3. The molecule has 0 radical (unpaired) electrons. The molecule has 100 valence electrons. The van der Waals surface area contributed by atoms with Crippen LogP contribution < -0.4 is 5.73 Å². The Hall–Kier alpha value is -1.43. The molecule has 6 heteroatoms. The number of aromatic nitrogens is 2. The SMILES string of the molecule is CN1CC(N)CC1c1nc(-c2ccc(Cl)cc2)no1. The number of hydrogen-bond acceptors (Lipinski definition) is 5. The number of halogens is 1. The minimum atomic E-state index is 0.114. The second kappa shape index (κ2) is 4.92. The normalized spacial score (nSPS) is 23.9. The Morgan fingerprint density at radius 2 is 2.11 bits per heavy atom. The lowest BCUT2D eigenvalue weighted by Gasteiger charge is -2.13. The highest BCUT2D eigenvalue weighted by molar-refractivity contribution is 6.30. The van der Waals surface area contributed by atoms with Gasteiger partial charge < -0.3 is 10.3 Å². The maximum atomic E-state index is 5.94. The van der Waals surface area contributed by atoms with Crippen molar-refractivity contribution in [2.24, 2.45) is 5.73 Å². The van der Waals surface area contributed by atoms with Gasteiger partial charge in [0.05, 0.1) is 6.04 Å². The van der Waals surface area contributed by atoms with Gasteiger partial charge in [-0.25, -0.2) is 0 Å². The van der Waals surface area contributed by atoms with Crippen LogP contribution in [0.1, 0.15) is 18.4 Å². The quantitative estimate of drug-likeness (QED) is 0.911. The second-order valence-electron chi connectivity index (χ2n) is 4.91. The van der Waals surface area contributed by atoms with Crippen molar-refractivity contribution in [3.05, 3.63) is 35.2 Å². The van der Waals surface area contributed by atoms with Crippen LogP contribution in [-0.2, 0) is 0 Å². The first-order valence-corrected chi connectivity index (χ1v) is 6.56. The fourth-order valence-corrected chi connectivity index (χ4v) is 2.54. The Kier molecular flexibility index (Phi) is 3.26. The maximum absolute atomic E-state index is 5.94. The first kappa shape index (κ1) is 12.6. The molecule has 0 aliphatic carbocycles. The standard InChI is InChI=1S/C13H15ClN4O/c1-18-7-10(15)6-11(18)13-16-12(17-19-13)8-2-4-9(14)5-3-8/h2-5,10-11H,6-7,15H2,1H3. The highest BCUT2D eigenvalue weighted by Crippen LogP contribution is 2.30. The molecule has 0 bridgehead atoms. The fourth-order valence-electron chi connectivity index (χ4n) is 2.41. The monoisotopic (exact) mass is 278 g/mol. The van der Waals surface area contributed by atoms with E-state index >= 15 is 0 Å². The molecule has 1 saturated heterocycles. The van der Waals surface area contributed by atoms with Gasteiger partial charge >= 0.3 is 0 Å². The summed E-state index contributed by atoms with van der Waals surface area (Å²) in [4.78, 5) is 6.60. The number of likely N-dealkylation sites (tertiary alicyclic amines) is 1. The van der Waals surface area contributed by atoms with Crippen molar-refractivity contribution in [2.75, 3.05) is 13.6 Å². The van der Waals surface area contributed by atoms with Crippen molar-refractivity contribution in [1.82, 2.24) is 15.0 Å². The smallest absolute Gasteiger partial charge is 0.244 e. The first-order valence-electron chi connectivity index (χ1n) is 6.19. The Labute approximate surface area is 116 Å². The Balaban J connectivity index is 1.85. The van der Waals surface area contributed by atoms with E-state index in [0.29, 0.717) is 16.7 Å². The lowest BCUT2D eigenvalue weighted by molar-refractivity contribution is 0.244. The molecule has 0 spiro atoms. The predicted octanol–water partition coefficient (Wildman–Crippen LogP) is 2.09. The van der Waals surface area contributed by atoms with Crippen molar-refractivity contribution < 1.29 is 4.52 Å². The highest BCUT2D eigenvalue weighted by atomic mass is 35.5. The third kappa shape index (κ3) is 2.49. The second-order valence-corrected chi connectivity index (χ2v) is 5.35. The van der Waals surface area contributed by atoms with Crippen LogP contribution in [0.2, 0.25) is 5.02 Å². The van der Waals surface area contributed by atoms with Gasteiger partial charge in [-0.2, -0.15) is 4.98 Å². The van der Waals surface area contributed by atoms with Crippen LogP contribution in [0.15, 0.2) is 28.8 Å². The zero-order valence-corrected chi connectivity index (χ0v) is 11.3. The number of hydrogen-bond donors (Lipinski definition) is 1. The summed E-state index contributed by atoms with van der Waals surface area (Å²) in [6.07, 6.45) is 0.846. The summed E-state index contributed by atoms with van der Waals surface area (Å²) in [7, 11) is 2.02. The molecule has 1 aliphatic heterocycles. The number of likely N-dealkylation sites (N-methyl/N-ethyl adjacent to an activating group) is 1. The maximum Gasteiger partial charge on any atom is 0.244 e. The summed E-state index contributed by atoms with van der Waals surface area (Å²) < 4.78 is 5.36. The molecule has 2 heterocycles. The fraction of sp³-hybridized carbons (Fsp3) is 0.385. The van der Waals surface area contributed by atoms with Gasteiger partial charge in [0.25, 0.3) is 0 Å². The molecule has 1 aliphatic rings. The molecule has 2 N–H and O–H groups in total. The number of rotatable bonds is 2. The van der Waals surface area contributed by atoms with Crippen LogP contribution in [0.3, 0.4) is 0 Å². The van der Waals surface area contributed by atoms with E-state index in [1.807, 2.05) is 31.3 Å². The van der Waals surface area contributed by atoms with Crippen LogP contribution in [0.5, 0.6) is 0 Å². The third-order valence-corrected chi connectivity index (χ3v) is 3.66. The minimum Gasteiger partial charge on any atom is -0.337 e. The van der Waals surface area contributed by atoms with Crippen molar-refractivity contribution in [3.63, 3.8) is 0 Å². The largest absolute Gasteiger partial charge is 0.337 e. The van der Waals surface area contributed by atoms with E-state index in [4.69, 9.17) is 21.9 Å². The first-order chi connectivity index (χ1) is 9.13. The Morgan fingerprint density at radius 1 is 1.37 bits per heavy atom. The van der Waals surface area contributed by atoms with Gasteiger partial charge in [0, 0.05) is 23.2 Å². The van der Waals surface area contributed by atoms with E-state index in [1.54, 1.807) is 0 Å².